The van der Waals surface area contributed by atoms with Crippen LogP contribution in [0.1, 0.15) is 5.56 Å². The van der Waals surface area contributed by atoms with Gasteiger partial charge in [-0.15, -0.1) is 0 Å². The van der Waals surface area contributed by atoms with E-state index in [-0.39, 0.29) is 16.6 Å². The summed E-state index contributed by atoms with van der Waals surface area (Å²) in [5, 5.41) is 17.8. The second-order valence-electron chi connectivity index (χ2n) is 5.75. The molecule has 0 unspecified atom stereocenters. The first-order valence-corrected chi connectivity index (χ1v) is 8.78. The van der Waals surface area contributed by atoms with Crippen molar-refractivity contribution in [3.63, 3.8) is 0 Å². The first-order chi connectivity index (χ1) is 14.0. The number of nitrogens with zero attached hydrogens (tertiary/aromatic N) is 2. The normalized spacial score (nSPS) is 10.5. The van der Waals surface area contributed by atoms with E-state index in [1.807, 2.05) is 0 Å². The summed E-state index contributed by atoms with van der Waals surface area (Å²) in [4.78, 5) is 10.2. The lowest BCUT2D eigenvalue weighted by Crippen LogP contribution is -2.23. The van der Waals surface area contributed by atoms with Crippen molar-refractivity contribution in [3.8, 4) is 11.5 Å². The van der Waals surface area contributed by atoms with Gasteiger partial charge in [0.05, 0.1) is 11.1 Å². The summed E-state index contributed by atoms with van der Waals surface area (Å²) < 4.78 is 18.5. The number of anilines is 1. The van der Waals surface area contributed by atoms with Gasteiger partial charge in [0.25, 0.3) is 5.69 Å². The SMILES string of the molecule is O=[N+]([O-])c1ccc(Oc2ccc(/C=N/NC(=S)Nc3ccc(F)cc3)cc2)cc1. The van der Waals surface area contributed by atoms with E-state index in [2.05, 4.69) is 15.8 Å². The minimum Gasteiger partial charge on any atom is -0.457 e. The fraction of sp³-hybridized carbons (Fsp3) is 0. The number of benzene rings is 3. The zero-order chi connectivity index (χ0) is 20.6. The topological polar surface area (TPSA) is 88.8 Å². The van der Waals surface area contributed by atoms with Crippen LogP contribution in [0.3, 0.4) is 0 Å². The van der Waals surface area contributed by atoms with E-state index >= 15 is 0 Å². The summed E-state index contributed by atoms with van der Waals surface area (Å²) >= 11 is 5.11. The quantitative estimate of drug-likeness (QED) is 0.261. The molecule has 0 heterocycles. The molecule has 0 fully saturated rings. The van der Waals surface area contributed by atoms with Gasteiger partial charge in [-0.2, -0.15) is 5.10 Å². The Morgan fingerprint density at radius 1 is 1.00 bits per heavy atom. The molecule has 0 atom stereocenters. The molecule has 0 amide bonds. The van der Waals surface area contributed by atoms with E-state index in [9.17, 15) is 14.5 Å². The molecule has 0 saturated carbocycles. The van der Waals surface area contributed by atoms with Gasteiger partial charge >= 0.3 is 0 Å². The van der Waals surface area contributed by atoms with E-state index in [1.54, 1.807) is 42.6 Å². The van der Waals surface area contributed by atoms with Gasteiger partial charge in [-0.1, -0.05) is 0 Å². The van der Waals surface area contributed by atoms with Crippen LogP contribution in [0.2, 0.25) is 0 Å². The smallest absolute Gasteiger partial charge is 0.269 e. The van der Waals surface area contributed by atoms with Crippen LogP contribution in [-0.4, -0.2) is 16.3 Å². The number of thiocarbonyl (C=S) groups is 1. The molecule has 0 saturated heterocycles. The Morgan fingerprint density at radius 2 is 1.59 bits per heavy atom. The van der Waals surface area contributed by atoms with Gasteiger partial charge in [-0.25, -0.2) is 4.39 Å². The standard InChI is InChI=1S/C20H15FN4O3S/c21-15-3-5-16(6-4-15)23-20(29)24-22-13-14-1-9-18(10-2-14)28-19-11-7-17(8-12-19)25(26)27/h1-13H,(H2,23,24,29)/b22-13+. The van der Waals surface area contributed by atoms with E-state index in [0.29, 0.717) is 17.2 Å². The van der Waals surface area contributed by atoms with Crippen molar-refractivity contribution >= 4 is 34.9 Å². The van der Waals surface area contributed by atoms with E-state index < -0.39 is 4.92 Å². The molecule has 2 N–H and O–H groups in total. The Labute approximate surface area is 171 Å². The summed E-state index contributed by atoms with van der Waals surface area (Å²) in [5.74, 6) is 0.752. The highest BCUT2D eigenvalue weighted by atomic mass is 32.1. The lowest BCUT2D eigenvalue weighted by atomic mass is 10.2. The average molecular weight is 410 g/mol. The third-order valence-electron chi connectivity index (χ3n) is 3.65. The van der Waals surface area contributed by atoms with E-state index in [1.165, 1.54) is 36.4 Å². The fourth-order valence-corrected chi connectivity index (χ4v) is 2.42. The van der Waals surface area contributed by atoms with Crippen molar-refractivity contribution in [2.75, 3.05) is 5.32 Å². The number of halogens is 1. The van der Waals surface area contributed by atoms with Crippen LogP contribution >= 0.6 is 12.2 Å². The van der Waals surface area contributed by atoms with E-state index in [4.69, 9.17) is 17.0 Å². The average Bonchev–Trinajstić information content (AvgIpc) is 2.71. The van der Waals surface area contributed by atoms with Crippen molar-refractivity contribution in [2.45, 2.75) is 0 Å². The lowest BCUT2D eigenvalue weighted by molar-refractivity contribution is -0.384. The molecule has 0 aliphatic rings. The largest absolute Gasteiger partial charge is 0.457 e. The predicted octanol–water partition coefficient (Wildman–Crippen LogP) is 4.85. The summed E-state index contributed by atoms with van der Waals surface area (Å²) in [6, 6.07) is 18.7. The number of hydrazone groups is 1. The van der Waals surface area contributed by atoms with Crippen LogP contribution in [0.4, 0.5) is 15.8 Å². The van der Waals surface area contributed by atoms with Crippen LogP contribution in [0.5, 0.6) is 11.5 Å². The van der Waals surface area contributed by atoms with Gasteiger partial charge in [-0.05, 0) is 78.4 Å². The summed E-state index contributed by atoms with van der Waals surface area (Å²) in [7, 11) is 0. The summed E-state index contributed by atoms with van der Waals surface area (Å²) in [6.07, 6.45) is 1.58. The monoisotopic (exact) mass is 410 g/mol. The van der Waals surface area contributed by atoms with E-state index in [0.717, 1.165) is 5.56 Å². The summed E-state index contributed by atoms with van der Waals surface area (Å²) in [6.45, 7) is 0. The molecular formula is C20H15FN4O3S. The second-order valence-corrected chi connectivity index (χ2v) is 6.16. The third-order valence-corrected chi connectivity index (χ3v) is 3.84. The van der Waals surface area contributed by atoms with Gasteiger partial charge in [0.15, 0.2) is 5.11 Å². The number of rotatable bonds is 6. The van der Waals surface area contributed by atoms with Crippen molar-refractivity contribution in [1.82, 2.24) is 5.43 Å². The van der Waals surface area contributed by atoms with Crippen molar-refractivity contribution in [2.24, 2.45) is 5.10 Å². The molecule has 9 heteroatoms. The maximum atomic E-state index is 12.9. The molecule has 146 valence electrons. The highest BCUT2D eigenvalue weighted by Gasteiger charge is 2.05. The first-order valence-electron chi connectivity index (χ1n) is 8.37. The minimum atomic E-state index is -0.465. The van der Waals surface area contributed by atoms with Gasteiger partial charge in [0, 0.05) is 17.8 Å². The molecule has 0 aliphatic carbocycles. The Hall–Kier alpha value is -3.85. The number of ether oxygens (including phenoxy) is 1. The van der Waals surface area contributed by atoms with Crippen LogP contribution in [-0.2, 0) is 0 Å². The molecule has 3 aromatic carbocycles. The molecule has 0 radical (unpaired) electrons. The number of non-ortho nitro benzene ring substituents is 1. The number of nitrogens with one attached hydrogen (secondary N) is 2. The second kappa shape index (κ2) is 9.38. The maximum Gasteiger partial charge on any atom is 0.269 e. The number of hydrogen-bond acceptors (Lipinski definition) is 5. The highest BCUT2D eigenvalue weighted by Crippen LogP contribution is 2.23. The Bertz CT molecular complexity index is 1020. The van der Waals surface area contributed by atoms with Crippen LogP contribution < -0.4 is 15.5 Å². The third kappa shape index (κ3) is 6.08. The molecular weight excluding hydrogens is 395 g/mol. The number of hydrogen-bond donors (Lipinski definition) is 2. The highest BCUT2D eigenvalue weighted by molar-refractivity contribution is 7.80. The van der Waals surface area contributed by atoms with Gasteiger partial charge in [0.2, 0.25) is 0 Å². The van der Waals surface area contributed by atoms with Gasteiger partial charge in [0.1, 0.15) is 17.3 Å². The maximum absolute atomic E-state index is 12.9. The van der Waals surface area contributed by atoms with Crippen molar-refractivity contribution in [3.05, 3.63) is 94.3 Å². The predicted molar refractivity (Wildman–Crippen MR) is 113 cm³/mol. The molecule has 29 heavy (non-hydrogen) atoms. The van der Waals surface area contributed by atoms with Gasteiger partial charge < -0.3 is 10.1 Å². The Balaban J connectivity index is 1.51. The van der Waals surface area contributed by atoms with Crippen LogP contribution in [0, 0.1) is 15.9 Å². The molecule has 0 aliphatic heterocycles. The fourth-order valence-electron chi connectivity index (χ4n) is 2.25. The first kappa shape index (κ1) is 19.9. The number of nitro groups is 1. The van der Waals surface area contributed by atoms with Gasteiger partial charge in [-0.3, -0.25) is 15.5 Å². The molecule has 0 bridgehead atoms. The Kier molecular flexibility index (Phi) is 6.43. The zero-order valence-electron chi connectivity index (χ0n) is 14.9. The van der Waals surface area contributed by atoms with Crippen molar-refractivity contribution in [1.29, 1.82) is 0 Å². The minimum absolute atomic E-state index is 0.00300. The molecule has 3 aromatic rings. The molecule has 0 spiro atoms. The van der Waals surface area contributed by atoms with Crippen molar-refractivity contribution < 1.29 is 14.1 Å². The molecule has 3 rings (SSSR count). The zero-order valence-corrected chi connectivity index (χ0v) is 15.7. The molecule has 7 nitrogen and oxygen atoms in total. The number of nitro benzene ring substituents is 1. The molecule has 0 aromatic heterocycles. The van der Waals surface area contributed by atoms with Crippen LogP contribution in [0.25, 0.3) is 0 Å². The Morgan fingerprint density at radius 3 is 2.17 bits per heavy atom. The van der Waals surface area contributed by atoms with Crippen LogP contribution in [0.15, 0.2) is 77.9 Å². The summed E-state index contributed by atoms with van der Waals surface area (Å²) in [5.41, 5.74) is 4.12. The lowest BCUT2D eigenvalue weighted by Gasteiger charge is -2.07.